The van der Waals surface area contributed by atoms with Gasteiger partial charge in [-0.2, -0.15) is 0 Å². The second kappa shape index (κ2) is 4.02. The van der Waals surface area contributed by atoms with Gasteiger partial charge in [-0.3, -0.25) is 4.79 Å². The molecule has 0 aromatic heterocycles. The van der Waals surface area contributed by atoms with Crippen molar-refractivity contribution >= 4 is 5.97 Å². The quantitative estimate of drug-likeness (QED) is 0.807. The summed E-state index contributed by atoms with van der Waals surface area (Å²) in [6.45, 7) is 0. The Bertz CT molecular complexity index is 449. The van der Waals surface area contributed by atoms with Crippen molar-refractivity contribution in [1.82, 2.24) is 0 Å². The zero-order chi connectivity index (χ0) is 11.8. The van der Waals surface area contributed by atoms with Crippen LogP contribution in [-0.2, 0) is 4.79 Å². The summed E-state index contributed by atoms with van der Waals surface area (Å²) in [5.74, 6) is 1.04. The van der Waals surface area contributed by atoms with Gasteiger partial charge in [0.2, 0.25) is 0 Å². The molecule has 2 aliphatic carbocycles. The van der Waals surface area contributed by atoms with Crippen LogP contribution in [-0.4, -0.2) is 11.1 Å². The second-order valence-corrected chi connectivity index (χ2v) is 5.15. The van der Waals surface area contributed by atoms with Gasteiger partial charge in [-0.1, -0.05) is 42.5 Å². The molecule has 2 aliphatic rings. The van der Waals surface area contributed by atoms with E-state index in [1.54, 1.807) is 0 Å². The molecule has 0 amide bonds. The lowest BCUT2D eigenvalue weighted by Crippen LogP contribution is -2.20. The molecule has 88 valence electrons. The summed E-state index contributed by atoms with van der Waals surface area (Å²) in [7, 11) is 0. The van der Waals surface area contributed by atoms with Crippen LogP contribution in [0.25, 0.3) is 0 Å². The smallest absolute Gasteiger partial charge is 0.303 e. The number of hydrogen-bond acceptors (Lipinski definition) is 1. The molecule has 1 aromatic rings. The van der Waals surface area contributed by atoms with Crippen molar-refractivity contribution < 1.29 is 9.90 Å². The molecule has 0 spiro atoms. The fraction of sp³-hybridized carbons (Fsp3) is 0.400. The Morgan fingerprint density at radius 3 is 2.59 bits per heavy atom. The summed E-state index contributed by atoms with van der Waals surface area (Å²) in [6.07, 6.45) is 5.93. The predicted molar refractivity (Wildman–Crippen MR) is 65.7 cm³/mol. The molecule has 3 rings (SSSR count). The normalized spacial score (nSPS) is 34.1. The summed E-state index contributed by atoms with van der Waals surface area (Å²) in [4.78, 5) is 11.0. The standard InChI is InChI=1S/C15H16O2/c16-14(17)9-13-11-6-7-12(8-11)15(13)10-4-2-1-3-5-10/h1-7,11-13,15H,8-9H2,(H,16,17). The van der Waals surface area contributed by atoms with Crippen LogP contribution < -0.4 is 0 Å². The monoisotopic (exact) mass is 228 g/mol. The Labute approximate surface area is 101 Å². The summed E-state index contributed by atoms with van der Waals surface area (Å²) in [5.41, 5.74) is 1.30. The number of carboxylic acids is 1. The number of benzene rings is 1. The number of carboxylic acid groups (broad SMARTS) is 1. The van der Waals surface area contributed by atoms with Crippen LogP contribution in [0.4, 0.5) is 0 Å². The third kappa shape index (κ3) is 1.78. The first kappa shape index (κ1) is 10.6. The average Bonchev–Trinajstić information content (AvgIpc) is 2.90. The Morgan fingerprint density at radius 1 is 1.18 bits per heavy atom. The Balaban J connectivity index is 1.92. The van der Waals surface area contributed by atoms with Crippen molar-refractivity contribution in [3.63, 3.8) is 0 Å². The van der Waals surface area contributed by atoms with Gasteiger partial charge < -0.3 is 5.11 Å². The maximum Gasteiger partial charge on any atom is 0.303 e. The number of allylic oxidation sites excluding steroid dienone is 2. The van der Waals surface area contributed by atoms with Gasteiger partial charge in [0.15, 0.2) is 0 Å². The van der Waals surface area contributed by atoms with Crippen molar-refractivity contribution in [1.29, 1.82) is 0 Å². The minimum Gasteiger partial charge on any atom is -0.481 e. The SMILES string of the molecule is O=C(O)CC1C2C=CC(C2)C1c1ccccc1. The van der Waals surface area contributed by atoms with Crippen molar-refractivity contribution in [3.05, 3.63) is 48.0 Å². The van der Waals surface area contributed by atoms with E-state index >= 15 is 0 Å². The predicted octanol–water partition coefficient (Wildman–Crippen LogP) is 3.07. The summed E-state index contributed by atoms with van der Waals surface area (Å²) in [5, 5.41) is 9.04. The average molecular weight is 228 g/mol. The van der Waals surface area contributed by atoms with E-state index in [4.69, 9.17) is 5.11 Å². The fourth-order valence-electron chi connectivity index (χ4n) is 3.57. The van der Waals surface area contributed by atoms with E-state index in [2.05, 4.69) is 24.3 Å². The van der Waals surface area contributed by atoms with Crippen LogP contribution in [0.5, 0.6) is 0 Å². The number of hydrogen-bond donors (Lipinski definition) is 1. The van der Waals surface area contributed by atoms with Gasteiger partial charge in [0, 0.05) is 6.42 Å². The van der Waals surface area contributed by atoms with Crippen LogP contribution in [0.2, 0.25) is 0 Å². The van der Waals surface area contributed by atoms with Crippen molar-refractivity contribution in [2.45, 2.75) is 18.8 Å². The van der Waals surface area contributed by atoms with Gasteiger partial charge in [0.1, 0.15) is 0 Å². The molecular formula is C15H16O2. The van der Waals surface area contributed by atoms with Crippen molar-refractivity contribution in [2.75, 3.05) is 0 Å². The van der Waals surface area contributed by atoms with E-state index in [9.17, 15) is 4.79 Å². The molecule has 0 saturated heterocycles. The van der Waals surface area contributed by atoms with E-state index < -0.39 is 5.97 Å². The van der Waals surface area contributed by atoms with Gasteiger partial charge in [0.05, 0.1) is 0 Å². The van der Waals surface area contributed by atoms with E-state index in [0.29, 0.717) is 24.2 Å². The molecule has 17 heavy (non-hydrogen) atoms. The highest BCUT2D eigenvalue weighted by Crippen LogP contribution is 2.54. The first-order valence-corrected chi connectivity index (χ1v) is 6.21. The van der Waals surface area contributed by atoms with Gasteiger partial charge in [0.25, 0.3) is 0 Å². The summed E-state index contributed by atoms with van der Waals surface area (Å²) < 4.78 is 0. The first-order valence-electron chi connectivity index (χ1n) is 6.21. The molecule has 1 N–H and O–H groups in total. The molecule has 4 atom stereocenters. The highest BCUT2D eigenvalue weighted by Gasteiger charge is 2.45. The molecule has 0 radical (unpaired) electrons. The first-order chi connectivity index (χ1) is 8.25. The molecule has 0 heterocycles. The van der Waals surface area contributed by atoms with E-state index in [1.807, 2.05) is 18.2 Å². The maximum absolute atomic E-state index is 11.0. The van der Waals surface area contributed by atoms with Crippen molar-refractivity contribution in [3.8, 4) is 0 Å². The second-order valence-electron chi connectivity index (χ2n) is 5.15. The van der Waals surface area contributed by atoms with Crippen LogP contribution in [0, 0.1) is 17.8 Å². The molecule has 1 aromatic carbocycles. The third-order valence-electron chi connectivity index (χ3n) is 4.22. The topological polar surface area (TPSA) is 37.3 Å². The lowest BCUT2D eigenvalue weighted by atomic mass is 9.77. The van der Waals surface area contributed by atoms with Crippen molar-refractivity contribution in [2.24, 2.45) is 17.8 Å². The van der Waals surface area contributed by atoms with Gasteiger partial charge in [-0.05, 0) is 35.7 Å². The van der Waals surface area contributed by atoms with E-state index in [1.165, 1.54) is 5.56 Å². The molecule has 2 bridgehead atoms. The minimum atomic E-state index is -0.670. The van der Waals surface area contributed by atoms with Crippen LogP contribution >= 0.6 is 0 Å². The number of carbonyl (C=O) groups is 1. The van der Waals surface area contributed by atoms with Gasteiger partial charge in [-0.15, -0.1) is 0 Å². The van der Waals surface area contributed by atoms with E-state index in [-0.39, 0.29) is 5.92 Å². The lowest BCUT2D eigenvalue weighted by Gasteiger charge is -2.27. The largest absolute Gasteiger partial charge is 0.481 e. The summed E-state index contributed by atoms with van der Waals surface area (Å²) in [6, 6.07) is 10.4. The zero-order valence-electron chi connectivity index (χ0n) is 9.62. The molecule has 4 unspecified atom stereocenters. The molecular weight excluding hydrogens is 212 g/mol. The number of fused-ring (bicyclic) bond motifs is 2. The maximum atomic E-state index is 11.0. The van der Waals surface area contributed by atoms with Crippen LogP contribution in [0.1, 0.15) is 24.3 Å². The third-order valence-corrected chi connectivity index (χ3v) is 4.22. The van der Waals surface area contributed by atoms with E-state index in [0.717, 1.165) is 6.42 Å². The summed E-state index contributed by atoms with van der Waals surface area (Å²) >= 11 is 0. The molecule has 1 fully saturated rings. The molecule has 2 heteroatoms. The van der Waals surface area contributed by atoms with Gasteiger partial charge >= 0.3 is 5.97 Å². The van der Waals surface area contributed by atoms with Gasteiger partial charge in [-0.25, -0.2) is 0 Å². The van der Waals surface area contributed by atoms with Crippen LogP contribution in [0.3, 0.4) is 0 Å². The highest BCUT2D eigenvalue weighted by atomic mass is 16.4. The zero-order valence-corrected chi connectivity index (χ0v) is 9.62. The Morgan fingerprint density at radius 2 is 1.88 bits per heavy atom. The Kier molecular flexibility index (Phi) is 2.50. The van der Waals surface area contributed by atoms with Crippen LogP contribution in [0.15, 0.2) is 42.5 Å². The highest BCUT2D eigenvalue weighted by molar-refractivity contribution is 5.67. The minimum absolute atomic E-state index is 0.282. The fourth-order valence-corrected chi connectivity index (χ4v) is 3.57. The number of rotatable bonds is 3. The molecule has 0 aliphatic heterocycles. The number of aliphatic carboxylic acids is 1. The lowest BCUT2D eigenvalue weighted by molar-refractivity contribution is -0.138. The molecule has 2 nitrogen and oxygen atoms in total. The molecule has 1 saturated carbocycles. The Hall–Kier alpha value is -1.57.